The molecule has 0 amide bonds. The van der Waals surface area contributed by atoms with Gasteiger partial charge in [-0.2, -0.15) is 0 Å². The molecule has 0 saturated carbocycles. The van der Waals surface area contributed by atoms with Crippen LogP contribution in [0.15, 0.2) is 24.3 Å². The predicted octanol–water partition coefficient (Wildman–Crippen LogP) is 2.73. The number of likely N-dealkylation sites (tertiary alicyclic amines) is 1. The number of halogens is 1. The second kappa shape index (κ2) is 5.08. The van der Waals surface area contributed by atoms with E-state index in [0.29, 0.717) is 11.2 Å². The summed E-state index contributed by atoms with van der Waals surface area (Å²) < 4.78 is 0. The molecular weight excluding hydrogens is 258 g/mol. The third-order valence-corrected chi connectivity index (χ3v) is 4.03. The molecule has 2 heterocycles. The van der Waals surface area contributed by atoms with Gasteiger partial charge in [-0.1, -0.05) is 23.7 Å². The quantitative estimate of drug-likeness (QED) is 0.857. The number of hydrogen-bond donors (Lipinski definition) is 1. The van der Waals surface area contributed by atoms with E-state index in [1.54, 1.807) is 0 Å². The molecule has 19 heavy (non-hydrogen) atoms. The van der Waals surface area contributed by atoms with Gasteiger partial charge in [0.25, 0.3) is 0 Å². The number of nitrogens with two attached hydrogens (primary N) is 1. The summed E-state index contributed by atoms with van der Waals surface area (Å²) in [5.74, 6) is 0. The van der Waals surface area contributed by atoms with Crippen LogP contribution in [-0.2, 0) is 6.54 Å². The first-order valence-electron chi connectivity index (χ1n) is 6.65. The van der Waals surface area contributed by atoms with Crippen molar-refractivity contribution in [2.24, 2.45) is 5.73 Å². The van der Waals surface area contributed by atoms with E-state index >= 15 is 0 Å². The molecule has 0 aliphatic carbocycles. The number of aryl methyl sites for hydroxylation is 1. The number of nitrogens with zero attached hydrogens (tertiary/aromatic N) is 2. The molecule has 3 nitrogen and oxygen atoms in total. The van der Waals surface area contributed by atoms with Crippen molar-refractivity contribution in [1.82, 2.24) is 9.88 Å². The number of benzene rings is 1. The maximum atomic E-state index is 6.30. The van der Waals surface area contributed by atoms with E-state index in [9.17, 15) is 0 Å². The van der Waals surface area contributed by atoms with Crippen LogP contribution in [0.25, 0.3) is 10.9 Å². The Labute approximate surface area is 118 Å². The summed E-state index contributed by atoms with van der Waals surface area (Å²) in [6.07, 6.45) is 1.07. The molecule has 2 N–H and O–H groups in total. The molecule has 0 radical (unpaired) electrons. The lowest BCUT2D eigenvalue weighted by atomic mass is 10.1. The number of fused-ring (bicyclic) bond motifs is 1. The SMILES string of the molecule is Cc1ccc2cc(CN3CCC(N)C3)c(Cl)nc2c1. The van der Waals surface area contributed by atoms with E-state index in [1.165, 1.54) is 5.56 Å². The minimum atomic E-state index is 0.301. The second-order valence-electron chi connectivity index (χ2n) is 5.42. The molecule has 1 aromatic carbocycles. The normalized spacial score (nSPS) is 20.3. The first kappa shape index (κ1) is 12.9. The molecule has 100 valence electrons. The van der Waals surface area contributed by atoms with Gasteiger partial charge >= 0.3 is 0 Å². The van der Waals surface area contributed by atoms with E-state index in [2.05, 4.69) is 41.1 Å². The highest BCUT2D eigenvalue weighted by atomic mass is 35.5. The summed E-state index contributed by atoms with van der Waals surface area (Å²) in [6, 6.07) is 8.72. The third kappa shape index (κ3) is 2.73. The molecule has 1 saturated heterocycles. The number of pyridine rings is 1. The van der Waals surface area contributed by atoms with Gasteiger partial charge in [-0.25, -0.2) is 4.98 Å². The Balaban J connectivity index is 1.91. The molecule has 0 bridgehead atoms. The molecule has 2 aromatic rings. The Morgan fingerprint density at radius 2 is 2.26 bits per heavy atom. The van der Waals surface area contributed by atoms with Crippen molar-refractivity contribution in [3.8, 4) is 0 Å². The van der Waals surface area contributed by atoms with Gasteiger partial charge in [-0.3, -0.25) is 4.90 Å². The Morgan fingerprint density at radius 1 is 1.42 bits per heavy atom. The largest absolute Gasteiger partial charge is 0.326 e. The van der Waals surface area contributed by atoms with Gasteiger partial charge < -0.3 is 5.73 Å². The summed E-state index contributed by atoms with van der Waals surface area (Å²) in [4.78, 5) is 6.85. The summed E-state index contributed by atoms with van der Waals surface area (Å²) >= 11 is 6.30. The van der Waals surface area contributed by atoms with E-state index < -0.39 is 0 Å². The fourth-order valence-electron chi connectivity index (χ4n) is 2.66. The van der Waals surface area contributed by atoms with Crippen molar-refractivity contribution in [3.63, 3.8) is 0 Å². The molecule has 4 heteroatoms. The van der Waals surface area contributed by atoms with Gasteiger partial charge in [0.15, 0.2) is 0 Å². The molecule has 1 aliphatic heterocycles. The number of aromatic nitrogens is 1. The zero-order chi connectivity index (χ0) is 13.4. The van der Waals surface area contributed by atoms with Gasteiger partial charge in [0, 0.05) is 36.6 Å². The van der Waals surface area contributed by atoms with E-state index in [1.807, 2.05) is 0 Å². The van der Waals surface area contributed by atoms with Crippen LogP contribution < -0.4 is 5.73 Å². The molecule has 1 atom stereocenters. The van der Waals surface area contributed by atoms with Crippen molar-refractivity contribution < 1.29 is 0 Å². The summed E-state index contributed by atoms with van der Waals surface area (Å²) in [7, 11) is 0. The van der Waals surface area contributed by atoms with Crippen LogP contribution in [0.2, 0.25) is 5.15 Å². The van der Waals surface area contributed by atoms with Crippen molar-refractivity contribution in [2.45, 2.75) is 25.9 Å². The van der Waals surface area contributed by atoms with Gasteiger partial charge in [0.1, 0.15) is 5.15 Å². The van der Waals surface area contributed by atoms with Crippen molar-refractivity contribution >= 4 is 22.5 Å². The van der Waals surface area contributed by atoms with Crippen LogP contribution in [0.1, 0.15) is 17.5 Å². The standard InChI is InChI=1S/C15H18ClN3/c1-10-2-3-11-7-12(15(16)18-14(11)6-10)8-19-5-4-13(17)9-19/h2-3,6-7,13H,4-5,8-9,17H2,1H3. The maximum absolute atomic E-state index is 6.30. The Morgan fingerprint density at radius 3 is 3.00 bits per heavy atom. The van der Waals surface area contributed by atoms with Crippen LogP contribution in [0.5, 0.6) is 0 Å². The lowest BCUT2D eigenvalue weighted by Gasteiger charge is -2.16. The molecule has 1 aliphatic rings. The minimum Gasteiger partial charge on any atom is -0.326 e. The van der Waals surface area contributed by atoms with Gasteiger partial charge in [-0.05, 0) is 31.0 Å². The van der Waals surface area contributed by atoms with Crippen LogP contribution in [0.4, 0.5) is 0 Å². The smallest absolute Gasteiger partial charge is 0.134 e. The Bertz CT molecular complexity index is 612. The molecule has 1 aromatic heterocycles. The van der Waals surface area contributed by atoms with Crippen LogP contribution in [-0.4, -0.2) is 29.0 Å². The first-order valence-corrected chi connectivity index (χ1v) is 7.03. The Kier molecular flexibility index (Phi) is 3.44. The Hall–Kier alpha value is -1.16. The molecular formula is C15H18ClN3. The monoisotopic (exact) mass is 275 g/mol. The predicted molar refractivity (Wildman–Crippen MR) is 79.4 cm³/mol. The fraction of sp³-hybridized carbons (Fsp3) is 0.400. The third-order valence-electron chi connectivity index (χ3n) is 3.70. The van der Waals surface area contributed by atoms with E-state index in [4.69, 9.17) is 17.3 Å². The van der Waals surface area contributed by atoms with Crippen molar-refractivity contribution in [1.29, 1.82) is 0 Å². The second-order valence-corrected chi connectivity index (χ2v) is 5.78. The zero-order valence-corrected chi connectivity index (χ0v) is 11.8. The van der Waals surface area contributed by atoms with Crippen molar-refractivity contribution in [3.05, 3.63) is 40.5 Å². The average molecular weight is 276 g/mol. The molecule has 0 spiro atoms. The average Bonchev–Trinajstić information content (AvgIpc) is 2.76. The topological polar surface area (TPSA) is 42.1 Å². The zero-order valence-electron chi connectivity index (χ0n) is 11.1. The van der Waals surface area contributed by atoms with E-state index in [-0.39, 0.29) is 0 Å². The maximum Gasteiger partial charge on any atom is 0.134 e. The van der Waals surface area contributed by atoms with Gasteiger partial charge in [0.2, 0.25) is 0 Å². The molecule has 1 fully saturated rings. The first-order chi connectivity index (χ1) is 9.11. The van der Waals surface area contributed by atoms with E-state index in [0.717, 1.165) is 42.5 Å². The fourth-order valence-corrected chi connectivity index (χ4v) is 2.86. The summed E-state index contributed by atoms with van der Waals surface area (Å²) in [5, 5.41) is 1.76. The molecule has 1 unspecified atom stereocenters. The van der Waals surface area contributed by atoms with Crippen LogP contribution in [0.3, 0.4) is 0 Å². The number of hydrogen-bond acceptors (Lipinski definition) is 3. The van der Waals surface area contributed by atoms with Crippen LogP contribution >= 0.6 is 11.6 Å². The summed E-state index contributed by atoms with van der Waals surface area (Å²) in [6.45, 7) is 4.89. The highest BCUT2D eigenvalue weighted by Crippen LogP contribution is 2.23. The lowest BCUT2D eigenvalue weighted by molar-refractivity contribution is 0.327. The number of rotatable bonds is 2. The van der Waals surface area contributed by atoms with Crippen LogP contribution in [0, 0.1) is 6.92 Å². The van der Waals surface area contributed by atoms with Gasteiger partial charge in [0.05, 0.1) is 5.52 Å². The molecule has 3 rings (SSSR count). The highest BCUT2D eigenvalue weighted by Gasteiger charge is 2.20. The lowest BCUT2D eigenvalue weighted by Crippen LogP contribution is -2.26. The van der Waals surface area contributed by atoms with Gasteiger partial charge in [-0.15, -0.1) is 0 Å². The summed E-state index contributed by atoms with van der Waals surface area (Å²) in [5.41, 5.74) is 9.19. The highest BCUT2D eigenvalue weighted by molar-refractivity contribution is 6.30. The minimum absolute atomic E-state index is 0.301. The van der Waals surface area contributed by atoms with Crippen molar-refractivity contribution in [2.75, 3.05) is 13.1 Å².